The summed E-state index contributed by atoms with van der Waals surface area (Å²) in [6.07, 6.45) is 18.9. The van der Waals surface area contributed by atoms with E-state index in [1.54, 1.807) is 64.2 Å². The van der Waals surface area contributed by atoms with Gasteiger partial charge in [-0.3, -0.25) is 0 Å². The van der Waals surface area contributed by atoms with E-state index in [1.165, 1.54) is 36.5 Å². The van der Waals surface area contributed by atoms with Gasteiger partial charge in [0.2, 0.25) is 0 Å². The molecule has 4 aliphatic rings. The Kier molecular flexibility index (Phi) is 3.17. The fraction of sp³-hybridized carbons (Fsp3) is 1.00. The predicted molar refractivity (Wildman–Crippen MR) is 76.3 cm³/mol. The molecule has 6 atom stereocenters. The molecule has 0 spiro atoms. The molecule has 0 saturated heterocycles. The van der Waals surface area contributed by atoms with Crippen LogP contribution < -0.4 is 0 Å². The van der Waals surface area contributed by atoms with Crippen LogP contribution in [0.5, 0.6) is 0 Å². The van der Waals surface area contributed by atoms with E-state index in [2.05, 4.69) is 0 Å². The lowest BCUT2D eigenvalue weighted by molar-refractivity contribution is -0.108. The molecule has 0 heterocycles. The van der Waals surface area contributed by atoms with Gasteiger partial charge in [-0.05, 0) is 61.2 Å². The Bertz CT molecular complexity index is 264. The molecule has 0 heteroatoms. The van der Waals surface area contributed by atoms with Gasteiger partial charge in [-0.2, -0.15) is 0 Å². The summed E-state index contributed by atoms with van der Waals surface area (Å²) in [7, 11) is 0. The summed E-state index contributed by atoms with van der Waals surface area (Å²) in [5.41, 5.74) is 0. The lowest BCUT2D eigenvalue weighted by Crippen LogP contribution is -2.52. The first-order valence-corrected chi connectivity index (χ1v) is 8.93. The highest BCUT2D eigenvalue weighted by Gasteiger charge is 2.53. The highest BCUT2D eigenvalue weighted by Crippen LogP contribution is 2.61. The van der Waals surface area contributed by atoms with E-state index in [4.69, 9.17) is 0 Å². The molecular formula is C18H30. The SMILES string of the molecule is C1CCCC2C(CC1)C1CC3CCCCC3CC21. The van der Waals surface area contributed by atoms with Crippen LogP contribution in [0.4, 0.5) is 0 Å². The van der Waals surface area contributed by atoms with Crippen molar-refractivity contribution in [3.05, 3.63) is 0 Å². The van der Waals surface area contributed by atoms with E-state index in [1.807, 2.05) is 0 Å². The Hall–Kier alpha value is 0. The molecule has 4 saturated carbocycles. The molecule has 0 aromatic carbocycles. The first-order chi connectivity index (χ1) is 8.93. The van der Waals surface area contributed by atoms with Crippen LogP contribution in [0.15, 0.2) is 0 Å². The van der Waals surface area contributed by atoms with Gasteiger partial charge >= 0.3 is 0 Å². The normalized spacial score (nSPS) is 52.0. The third-order valence-corrected chi connectivity index (χ3v) is 7.24. The molecule has 0 nitrogen and oxygen atoms in total. The van der Waals surface area contributed by atoms with E-state index >= 15 is 0 Å². The molecule has 0 aromatic rings. The van der Waals surface area contributed by atoms with Gasteiger partial charge in [-0.1, -0.05) is 51.4 Å². The van der Waals surface area contributed by atoms with Crippen molar-refractivity contribution in [3.63, 3.8) is 0 Å². The van der Waals surface area contributed by atoms with Gasteiger partial charge < -0.3 is 0 Å². The Labute approximate surface area is 113 Å². The van der Waals surface area contributed by atoms with Gasteiger partial charge in [-0.15, -0.1) is 0 Å². The molecule has 0 aromatic heterocycles. The molecule has 4 rings (SSSR count). The van der Waals surface area contributed by atoms with Gasteiger partial charge in [0.1, 0.15) is 0 Å². The van der Waals surface area contributed by atoms with Gasteiger partial charge in [0, 0.05) is 0 Å². The lowest BCUT2D eigenvalue weighted by Gasteiger charge is -2.60. The largest absolute Gasteiger partial charge is 0.0533 e. The van der Waals surface area contributed by atoms with Crippen molar-refractivity contribution in [2.45, 2.75) is 77.0 Å². The molecule has 102 valence electrons. The van der Waals surface area contributed by atoms with Crippen LogP contribution in [-0.4, -0.2) is 0 Å². The quantitative estimate of drug-likeness (QED) is 0.535. The number of hydrogen-bond acceptors (Lipinski definition) is 0. The fourth-order valence-electron chi connectivity index (χ4n) is 6.40. The minimum Gasteiger partial charge on any atom is -0.0533 e. The third-order valence-electron chi connectivity index (χ3n) is 7.24. The van der Waals surface area contributed by atoms with Gasteiger partial charge in [0.15, 0.2) is 0 Å². The summed E-state index contributed by atoms with van der Waals surface area (Å²) in [6, 6.07) is 0. The summed E-state index contributed by atoms with van der Waals surface area (Å²) in [5.74, 6) is 7.05. The highest BCUT2D eigenvalue weighted by molar-refractivity contribution is 5.02. The summed E-state index contributed by atoms with van der Waals surface area (Å²) in [6.45, 7) is 0. The summed E-state index contributed by atoms with van der Waals surface area (Å²) in [4.78, 5) is 0. The van der Waals surface area contributed by atoms with Crippen molar-refractivity contribution in [2.24, 2.45) is 35.5 Å². The Balaban J connectivity index is 1.47. The average Bonchev–Trinajstić information content (AvgIpc) is 2.37. The van der Waals surface area contributed by atoms with Crippen LogP contribution in [0.25, 0.3) is 0 Å². The maximum Gasteiger partial charge on any atom is -0.0349 e. The molecule has 4 aliphatic carbocycles. The second kappa shape index (κ2) is 4.84. The summed E-state index contributed by atoms with van der Waals surface area (Å²) in [5, 5.41) is 0. The minimum atomic E-state index is 1.16. The average molecular weight is 246 g/mol. The van der Waals surface area contributed by atoms with Crippen molar-refractivity contribution >= 4 is 0 Å². The zero-order chi connectivity index (χ0) is 11.9. The number of rotatable bonds is 0. The standard InChI is InChI=1S/C18H30/c1-2-4-10-16-15(9-3-1)17-11-13-7-5-6-8-14(13)12-18(16)17/h13-18H,1-12H2. The van der Waals surface area contributed by atoms with Crippen LogP contribution in [0.2, 0.25) is 0 Å². The monoisotopic (exact) mass is 246 g/mol. The van der Waals surface area contributed by atoms with E-state index in [9.17, 15) is 0 Å². The highest BCUT2D eigenvalue weighted by atomic mass is 14.6. The second-order valence-electron chi connectivity index (χ2n) is 7.92. The van der Waals surface area contributed by atoms with Crippen LogP contribution in [0.1, 0.15) is 77.0 Å². The molecule has 4 fully saturated rings. The van der Waals surface area contributed by atoms with Crippen molar-refractivity contribution in [3.8, 4) is 0 Å². The van der Waals surface area contributed by atoms with Crippen LogP contribution in [0.3, 0.4) is 0 Å². The second-order valence-corrected chi connectivity index (χ2v) is 7.92. The predicted octanol–water partition coefficient (Wildman–Crippen LogP) is 5.42. The minimum absolute atomic E-state index is 1.16. The van der Waals surface area contributed by atoms with Crippen molar-refractivity contribution in [1.29, 1.82) is 0 Å². The molecule has 6 unspecified atom stereocenters. The van der Waals surface area contributed by atoms with Crippen molar-refractivity contribution in [2.75, 3.05) is 0 Å². The van der Waals surface area contributed by atoms with E-state index in [0.717, 1.165) is 11.8 Å². The van der Waals surface area contributed by atoms with Crippen LogP contribution >= 0.6 is 0 Å². The molecule has 18 heavy (non-hydrogen) atoms. The fourth-order valence-corrected chi connectivity index (χ4v) is 6.40. The number of hydrogen-bond donors (Lipinski definition) is 0. The Morgan fingerprint density at radius 3 is 1.33 bits per heavy atom. The Morgan fingerprint density at radius 2 is 0.833 bits per heavy atom. The van der Waals surface area contributed by atoms with Gasteiger partial charge in [0.05, 0.1) is 0 Å². The van der Waals surface area contributed by atoms with Crippen molar-refractivity contribution < 1.29 is 0 Å². The zero-order valence-electron chi connectivity index (χ0n) is 11.9. The molecule has 0 bridgehead atoms. The molecular weight excluding hydrogens is 216 g/mol. The van der Waals surface area contributed by atoms with Gasteiger partial charge in [-0.25, -0.2) is 0 Å². The molecule has 0 amide bonds. The first-order valence-electron chi connectivity index (χ1n) is 8.93. The maximum absolute atomic E-state index is 1.65. The zero-order valence-corrected chi connectivity index (χ0v) is 11.9. The summed E-state index contributed by atoms with van der Waals surface area (Å²) >= 11 is 0. The van der Waals surface area contributed by atoms with E-state index in [0.29, 0.717) is 0 Å². The van der Waals surface area contributed by atoms with Crippen LogP contribution in [0, 0.1) is 35.5 Å². The Morgan fingerprint density at radius 1 is 0.389 bits per heavy atom. The molecule has 0 aliphatic heterocycles. The topological polar surface area (TPSA) is 0 Å². The third kappa shape index (κ3) is 1.86. The van der Waals surface area contributed by atoms with Gasteiger partial charge in [0.25, 0.3) is 0 Å². The molecule has 0 N–H and O–H groups in total. The maximum atomic E-state index is 1.65. The molecule has 0 radical (unpaired) electrons. The smallest absolute Gasteiger partial charge is 0.0349 e. The first kappa shape index (κ1) is 11.8. The summed E-state index contributed by atoms with van der Waals surface area (Å²) < 4.78 is 0. The lowest BCUT2D eigenvalue weighted by atomic mass is 9.45. The van der Waals surface area contributed by atoms with E-state index < -0.39 is 0 Å². The van der Waals surface area contributed by atoms with Crippen molar-refractivity contribution in [1.82, 2.24) is 0 Å². The van der Waals surface area contributed by atoms with E-state index in [-0.39, 0.29) is 0 Å². The van der Waals surface area contributed by atoms with Crippen LogP contribution in [-0.2, 0) is 0 Å². The number of fused-ring (bicyclic) bond motifs is 5.